The lowest BCUT2D eigenvalue weighted by Crippen LogP contribution is -2.02. The summed E-state index contributed by atoms with van der Waals surface area (Å²) in [5.74, 6) is 0.316. The molecule has 0 unspecified atom stereocenters. The fourth-order valence-corrected chi connectivity index (χ4v) is 1.86. The maximum atomic E-state index is 11.3. The number of carbonyl (C=O) groups excluding carboxylic acids is 1. The first-order valence-corrected chi connectivity index (χ1v) is 4.76. The van der Waals surface area contributed by atoms with Crippen LogP contribution in [0.15, 0.2) is 42.5 Å². The van der Waals surface area contributed by atoms with Crippen LogP contribution in [0.5, 0.6) is 5.75 Å². The van der Waals surface area contributed by atoms with Gasteiger partial charge in [-0.05, 0) is 23.1 Å². The van der Waals surface area contributed by atoms with Crippen LogP contribution >= 0.6 is 0 Å². The number of benzene rings is 2. The third kappa shape index (κ3) is 1.22. The number of ether oxygens (including phenoxy) is 1. The lowest BCUT2D eigenvalue weighted by atomic mass is 10.0. The van der Waals surface area contributed by atoms with Gasteiger partial charge in [0.25, 0.3) is 0 Å². The molecule has 2 nitrogen and oxygen atoms in total. The van der Waals surface area contributed by atoms with E-state index in [0.717, 1.165) is 16.3 Å². The van der Waals surface area contributed by atoms with E-state index >= 15 is 0 Å². The number of hydrogen-bond donors (Lipinski definition) is 0. The van der Waals surface area contributed by atoms with Crippen molar-refractivity contribution in [2.45, 2.75) is 0 Å². The van der Waals surface area contributed by atoms with Crippen LogP contribution in [0.4, 0.5) is 0 Å². The molecule has 2 aromatic rings. The Hall–Kier alpha value is -2.09. The zero-order chi connectivity index (χ0) is 10.3. The van der Waals surface area contributed by atoms with Gasteiger partial charge < -0.3 is 4.74 Å². The Kier molecular flexibility index (Phi) is 1.62. The quantitative estimate of drug-likeness (QED) is 0.478. The molecule has 0 amide bonds. The molecular weight excluding hydrogens is 188 g/mol. The molecule has 0 N–H and O–H groups in total. The van der Waals surface area contributed by atoms with E-state index in [1.165, 1.54) is 6.08 Å². The fraction of sp³-hybridized carbons (Fsp3) is 0. The van der Waals surface area contributed by atoms with Gasteiger partial charge >= 0.3 is 5.97 Å². The van der Waals surface area contributed by atoms with Crippen LogP contribution in [-0.2, 0) is 4.79 Å². The highest BCUT2D eigenvalue weighted by molar-refractivity contribution is 6.02. The molecule has 0 saturated carbocycles. The minimum atomic E-state index is -0.321. The second-order valence-corrected chi connectivity index (χ2v) is 3.46. The molecule has 72 valence electrons. The molecular formula is C13H8O2. The van der Waals surface area contributed by atoms with E-state index in [1.807, 2.05) is 36.4 Å². The third-order valence-corrected chi connectivity index (χ3v) is 2.51. The van der Waals surface area contributed by atoms with Crippen molar-refractivity contribution in [2.75, 3.05) is 0 Å². The predicted molar refractivity (Wildman–Crippen MR) is 58.6 cm³/mol. The zero-order valence-corrected chi connectivity index (χ0v) is 7.94. The molecule has 1 aliphatic rings. The van der Waals surface area contributed by atoms with Crippen molar-refractivity contribution in [1.29, 1.82) is 0 Å². The molecule has 0 aromatic heterocycles. The van der Waals surface area contributed by atoms with Gasteiger partial charge in [0.05, 0.1) is 0 Å². The van der Waals surface area contributed by atoms with Gasteiger partial charge in [-0.1, -0.05) is 30.3 Å². The van der Waals surface area contributed by atoms with Crippen LogP contribution in [-0.4, -0.2) is 5.97 Å². The lowest BCUT2D eigenvalue weighted by Gasteiger charge is -2.05. The highest BCUT2D eigenvalue weighted by Gasteiger charge is 2.11. The van der Waals surface area contributed by atoms with Gasteiger partial charge in [0, 0.05) is 11.5 Å². The minimum absolute atomic E-state index is 0.321. The number of hydrogen-bond acceptors (Lipinski definition) is 2. The standard InChI is InChI=1S/C13H8O2/c14-12-8-7-10-4-1-3-9-5-2-6-11(15-12)13(9)10/h1-8H. The van der Waals surface area contributed by atoms with E-state index in [-0.39, 0.29) is 5.97 Å². The molecule has 0 radical (unpaired) electrons. The van der Waals surface area contributed by atoms with E-state index in [2.05, 4.69) is 0 Å². The molecule has 0 spiro atoms. The molecule has 0 bridgehead atoms. The van der Waals surface area contributed by atoms with Crippen LogP contribution in [0.1, 0.15) is 5.56 Å². The summed E-state index contributed by atoms with van der Waals surface area (Å²) in [4.78, 5) is 11.3. The lowest BCUT2D eigenvalue weighted by molar-refractivity contribution is -0.128. The smallest absolute Gasteiger partial charge is 0.336 e. The largest absolute Gasteiger partial charge is 0.423 e. The Morgan fingerprint density at radius 2 is 1.73 bits per heavy atom. The van der Waals surface area contributed by atoms with Gasteiger partial charge in [0.2, 0.25) is 0 Å². The van der Waals surface area contributed by atoms with Crippen molar-refractivity contribution < 1.29 is 9.53 Å². The predicted octanol–water partition coefficient (Wildman–Crippen LogP) is 2.77. The number of rotatable bonds is 0. The van der Waals surface area contributed by atoms with Crippen LogP contribution < -0.4 is 4.74 Å². The summed E-state index contributed by atoms with van der Waals surface area (Å²) in [5, 5.41) is 2.09. The molecule has 0 aliphatic carbocycles. The maximum Gasteiger partial charge on any atom is 0.336 e. The van der Waals surface area contributed by atoms with Crippen molar-refractivity contribution in [2.24, 2.45) is 0 Å². The van der Waals surface area contributed by atoms with Crippen molar-refractivity contribution in [3.05, 3.63) is 48.0 Å². The minimum Gasteiger partial charge on any atom is -0.423 e. The average molecular weight is 196 g/mol. The maximum absolute atomic E-state index is 11.3. The normalized spacial score (nSPS) is 13.7. The Morgan fingerprint density at radius 3 is 2.60 bits per heavy atom. The Morgan fingerprint density at radius 1 is 0.933 bits per heavy atom. The summed E-state index contributed by atoms with van der Waals surface area (Å²) in [6, 6.07) is 11.7. The van der Waals surface area contributed by atoms with E-state index in [0.29, 0.717) is 5.75 Å². The van der Waals surface area contributed by atoms with Gasteiger partial charge in [-0.15, -0.1) is 0 Å². The van der Waals surface area contributed by atoms with E-state index in [1.54, 1.807) is 6.08 Å². The summed E-state index contributed by atoms with van der Waals surface area (Å²) in [6.07, 6.45) is 3.25. The molecule has 2 heteroatoms. The SMILES string of the molecule is O=C1C=Cc2cccc3cccc(c23)O1. The highest BCUT2D eigenvalue weighted by Crippen LogP contribution is 2.31. The van der Waals surface area contributed by atoms with E-state index in [9.17, 15) is 4.79 Å². The summed E-state index contributed by atoms with van der Waals surface area (Å²) in [7, 11) is 0. The van der Waals surface area contributed by atoms with Crippen LogP contribution in [0.25, 0.3) is 16.8 Å². The van der Waals surface area contributed by atoms with Crippen molar-refractivity contribution in [1.82, 2.24) is 0 Å². The average Bonchev–Trinajstić information content (AvgIpc) is 2.41. The highest BCUT2D eigenvalue weighted by atomic mass is 16.5. The van der Waals surface area contributed by atoms with Gasteiger partial charge in [0.1, 0.15) is 5.75 Å². The molecule has 15 heavy (non-hydrogen) atoms. The second-order valence-electron chi connectivity index (χ2n) is 3.46. The Bertz CT molecular complexity index is 577. The van der Waals surface area contributed by atoms with E-state index < -0.39 is 0 Å². The van der Waals surface area contributed by atoms with Crippen molar-refractivity contribution in [3.63, 3.8) is 0 Å². The second kappa shape index (κ2) is 2.95. The van der Waals surface area contributed by atoms with Gasteiger partial charge in [-0.3, -0.25) is 0 Å². The number of esters is 1. The molecule has 2 aromatic carbocycles. The van der Waals surface area contributed by atoms with Crippen LogP contribution in [0.3, 0.4) is 0 Å². The van der Waals surface area contributed by atoms with Crippen molar-refractivity contribution >= 4 is 22.8 Å². The van der Waals surface area contributed by atoms with Crippen molar-refractivity contribution in [3.8, 4) is 5.75 Å². The first kappa shape index (κ1) is 8.24. The molecule has 1 aliphatic heterocycles. The van der Waals surface area contributed by atoms with E-state index in [4.69, 9.17) is 4.74 Å². The third-order valence-electron chi connectivity index (χ3n) is 2.51. The molecule has 0 atom stereocenters. The summed E-state index contributed by atoms with van der Waals surface area (Å²) in [6.45, 7) is 0. The summed E-state index contributed by atoms with van der Waals surface area (Å²) in [5.41, 5.74) is 1.02. The van der Waals surface area contributed by atoms with Gasteiger partial charge in [-0.25, -0.2) is 4.79 Å². The zero-order valence-electron chi connectivity index (χ0n) is 7.94. The van der Waals surface area contributed by atoms with Gasteiger partial charge in [-0.2, -0.15) is 0 Å². The van der Waals surface area contributed by atoms with Crippen LogP contribution in [0, 0.1) is 0 Å². The number of carbonyl (C=O) groups is 1. The first-order chi connectivity index (χ1) is 7.34. The monoisotopic (exact) mass is 196 g/mol. The first-order valence-electron chi connectivity index (χ1n) is 4.76. The fourth-order valence-electron chi connectivity index (χ4n) is 1.86. The summed E-state index contributed by atoms with van der Waals surface area (Å²) < 4.78 is 5.20. The van der Waals surface area contributed by atoms with Crippen LogP contribution in [0.2, 0.25) is 0 Å². The Balaban J connectivity index is 2.47. The van der Waals surface area contributed by atoms with Gasteiger partial charge in [0.15, 0.2) is 0 Å². The Labute approximate surface area is 86.8 Å². The molecule has 1 heterocycles. The summed E-state index contributed by atoms with van der Waals surface area (Å²) >= 11 is 0. The molecule has 3 rings (SSSR count). The topological polar surface area (TPSA) is 26.3 Å². The molecule has 0 saturated heterocycles. The molecule has 0 fully saturated rings.